The fourth-order valence-electron chi connectivity index (χ4n) is 5.34. The monoisotopic (exact) mass is 571 g/mol. The maximum Gasteiger partial charge on any atom is 0.256 e. The Bertz CT molecular complexity index is 1570. The Morgan fingerprint density at radius 2 is 1.76 bits per heavy atom. The number of nitrogens with one attached hydrogen (secondary N) is 2. The van der Waals surface area contributed by atoms with Crippen LogP contribution in [0.4, 0.5) is 11.4 Å². The molecule has 5 rings (SSSR count). The molecule has 0 saturated carbocycles. The molecule has 0 aromatic heterocycles. The zero-order valence-electron chi connectivity index (χ0n) is 23.0. The van der Waals surface area contributed by atoms with Gasteiger partial charge in [0, 0.05) is 37.3 Å². The number of guanidine groups is 1. The highest BCUT2D eigenvalue weighted by atomic mass is 16.3. The third kappa shape index (κ3) is 6.18. The van der Waals surface area contributed by atoms with Crippen LogP contribution in [-0.4, -0.2) is 77.9 Å². The molecule has 1 fully saturated rings. The molecule has 2 aliphatic heterocycles. The summed E-state index contributed by atoms with van der Waals surface area (Å²) in [5, 5.41) is 17.5. The van der Waals surface area contributed by atoms with Crippen LogP contribution >= 0.6 is 0 Å². The summed E-state index contributed by atoms with van der Waals surface area (Å²) in [5.74, 6) is -1.32. The molecule has 12 nitrogen and oxygen atoms in total. The molecular formula is C30H33N7O5. The summed E-state index contributed by atoms with van der Waals surface area (Å²) < 4.78 is 0. The Balaban J connectivity index is 1.24. The lowest BCUT2D eigenvalue weighted by Crippen LogP contribution is -2.47. The van der Waals surface area contributed by atoms with E-state index >= 15 is 0 Å². The maximum absolute atomic E-state index is 13.5. The van der Waals surface area contributed by atoms with E-state index in [0.717, 1.165) is 23.6 Å². The molecule has 1 saturated heterocycles. The van der Waals surface area contributed by atoms with E-state index < -0.39 is 24.0 Å². The van der Waals surface area contributed by atoms with Gasteiger partial charge in [-0.1, -0.05) is 24.3 Å². The van der Waals surface area contributed by atoms with Gasteiger partial charge in [-0.3, -0.25) is 24.2 Å². The van der Waals surface area contributed by atoms with Gasteiger partial charge in [0.05, 0.1) is 17.4 Å². The highest BCUT2D eigenvalue weighted by Crippen LogP contribution is 2.32. The second-order valence-corrected chi connectivity index (χ2v) is 10.4. The van der Waals surface area contributed by atoms with Crippen molar-refractivity contribution in [2.45, 2.75) is 31.4 Å². The van der Waals surface area contributed by atoms with Gasteiger partial charge in [0.15, 0.2) is 5.96 Å². The van der Waals surface area contributed by atoms with Crippen LogP contribution in [0.5, 0.6) is 0 Å². The number of aliphatic hydroxyl groups is 1. The number of hydrogen-bond donors (Lipinski definition) is 5. The lowest BCUT2D eigenvalue weighted by atomic mass is 10.1. The van der Waals surface area contributed by atoms with Crippen molar-refractivity contribution in [1.29, 1.82) is 0 Å². The number of carbonyl (C=O) groups is 4. The second kappa shape index (κ2) is 12.3. The van der Waals surface area contributed by atoms with E-state index in [1.54, 1.807) is 60.7 Å². The Hall–Kier alpha value is -4.97. The molecule has 2 aliphatic rings. The van der Waals surface area contributed by atoms with E-state index in [9.17, 15) is 24.3 Å². The third-order valence-corrected chi connectivity index (χ3v) is 7.37. The number of aliphatic imine (C=N–C) groups is 1. The van der Waals surface area contributed by atoms with Crippen LogP contribution in [0.2, 0.25) is 0 Å². The van der Waals surface area contributed by atoms with Crippen LogP contribution in [0.3, 0.4) is 0 Å². The lowest BCUT2D eigenvalue weighted by Gasteiger charge is -2.25. The molecule has 4 amide bonds. The molecule has 3 aromatic carbocycles. The van der Waals surface area contributed by atoms with Crippen LogP contribution in [0.25, 0.3) is 10.8 Å². The maximum atomic E-state index is 13.5. The Labute approximate surface area is 242 Å². The van der Waals surface area contributed by atoms with Crippen molar-refractivity contribution >= 4 is 51.7 Å². The molecule has 3 aromatic rings. The van der Waals surface area contributed by atoms with Gasteiger partial charge in [-0.05, 0) is 60.0 Å². The molecule has 0 aliphatic carbocycles. The Morgan fingerprint density at radius 1 is 1.00 bits per heavy atom. The van der Waals surface area contributed by atoms with Crippen LogP contribution in [0, 0.1) is 0 Å². The van der Waals surface area contributed by atoms with E-state index in [4.69, 9.17) is 11.5 Å². The predicted molar refractivity (Wildman–Crippen MR) is 159 cm³/mol. The smallest absolute Gasteiger partial charge is 0.256 e. The van der Waals surface area contributed by atoms with Gasteiger partial charge < -0.3 is 37.0 Å². The zero-order chi connectivity index (χ0) is 29.8. The quantitative estimate of drug-likeness (QED) is 0.145. The van der Waals surface area contributed by atoms with Crippen molar-refractivity contribution in [3.8, 4) is 0 Å². The van der Waals surface area contributed by atoms with E-state index in [-0.39, 0.29) is 37.3 Å². The molecule has 0 radical (unpaired) electrons. The fourth-order valence-corrected chi connectivity index (χ4v) is 5.34. The molecule has 218 valence electrons. The Kier molecular flexibility index (Phi) is 8.34. The van der Waals surface area contributed by atoms with Crippen molar-refractivity contribution in [3.05, 3.63) is 71.8 Å². The van der Waals surface area contributed by atoms with Gasteiger partial charge >= 0.3 is 0 Å². The molecule has 0 bridgehead atoms. The van der Waals surface area contributed by atoms with Crippen molar-refractivity contribution in [2.75, 3.05) is 36.4 Å². The highest BCUT2D eigenvalue weighted by molar-refractivity contribution is 6.13. The first-order chi connectivity index (χ1) is 20.2. The van der Waals surface area contributed by atoms with Gasteiger partial charge in [-0.25, -0.2) is 0 Å². The van der Waals surface area contributed by atoms with Gasteiger partial charge in [0.25, 0.3) is 11.8 Å². The number of anilines is 2. The molecule has 1 unspecified atom stereocenters. The topological polar surface area (TPSA) is 183 Å². The van der Waals surface area contributed by atoms with Gasteiger partial charge in [-0.15, -0.1) is 0 Å². The van der Waals surface area contributed by atoms with Crippen LogP contribution in [-0.2, 0) is 9.59 Å². The van der Waals surface area contributed by atoms with Crippen molar-refractivity contribution < 1.29 is 24.3 Å². The first kappa shape index (κ1) is 28.6. The summed E-state index contributed by atoms with van der Waals surface area (Å²) >= 11 is 0. The Morgan fingerprint density at radius 3 is 2.57 bits per heavy atom. The SMILES string of the molecule is NC(N)=NCCCCNC(=O)c1ccc2cc(NC(=O)CN3C(=O)C4C[C@@H](O)CN4C(=O)c4ccccc43)ccc2c1. The van der Waals surface area contributed by atoms with Crippen LogP contribution in [0.15, 0.2) is 65.7 Å². The minimum absolute atomic E-state index is 0.0517. The minimum Gasteiger partial charge on any atom is -0.391 e. The van der Waals surface area contributed by atoms with Gasteiger partial charge in [0.2, 0.25) is 11.8 Å². The number of fused-ring (bicyclic) bond motifs is 3. The molecule has 12 heteroatoms. The van der Waals surface area contributed by atoms with Crippen molar-refractivity contribution in [3.63, 3.8) is 0 Å². The predicted octanol–water partition coefficient (Wildman–Crippen LogP) is 1.18. The average Bonchev–Trinajstić information content (AvgIpc) is 3.35. The summed E-state index contributed by atoms with van der Waals surface area (Å²) in [6.07, 6.45) is 0.824. The number of hydrogen-bond acceptors (Lipinski definition) is 6. The number of aliphatic hydroxyl groups excluding tert-OH is 1. The molecule has 7 N–H and O–H groups in total. The molecule has 0 spiro atoms. The average molecular weight is 572 g/mol. The van der Waals surface area contributed by atoms with Gasteiger partial charge in [-0.2, -0.15) is 0 Å². The van der Waals surface area contributed by atoms with E-state index in [1.807, 2.05) is 0 Å². The fraction of sp³-hybridized carbons (Fsp3) is 0.300. The first-order valence-electron chi connectivity index (χ1n) is 13.8. The molecule has 2 heterocycles. The third-order valence-electron chi connectivity index (χ3n) is 7.37. The number of nitrogens with zero attached hydrogens (tertiary/aromatic N) is 3. The van der Waals surface area contributed by atoms with E-state index in [2.05, 4.69) is 15.6 Å². The number of unbranched alkanes of at least 4 members (excludes halogenated alkanes) is 1. The molecular weight excluding hydrogens is 538 g/mol. The summed E-state index contributed by atoms with van der Waals surface area (Å²) in [6, 6.07) is 16.5. The minimum atomic E-state index is -0.829. The molecule has 2 atom stereocenters. The standard InChI is InChI=1S/C30H33N7O5/c31-30(32)34-12-4-3-11-33-27(40)20-8-7-19-14-21(10-9-18(19)13-20)35-26(39)17-37-24-6-2-1-5-23(24)28(41)36-16-22(38)15-25(36)29(37)42/h1-2,5-10,13-14,22,25,38H,3-4,11-12,15-17H2,(H,33,40)(H,35,39)(H4,31,32,34)/t22-,25?/m1/s1. The van der Waals surface area contributed by atoms with Crippen LogP contribution < -0.4 is 27.0 Å². The summed E-state index contributed by atoms with van der Waals surface area (Å²) in [7, 11) is 0. The highest BCUT2D eigenvalue weighted by Gasteiger charge is 2.45. The number of para-hydroxylation sites is 1. The largest absolute Gasteiger partial charge is 0.391 e. The number of benzene rings is 3. The summed E-state index contributed by atoms with van der Waals surface area (Å²) in [4.78, 5) is 58.9. The zero-order valence-corrected chi connectivity index (χ0v) is 23.0. The van der Waals surface area contributed by atoms with Crippen LogP contribution in [0.1, 0.15) is 40.0 Å². The van der Waals surface area contributed by atoms with Crippen molar-refractivity contribution in [1.82, 2.24) is 10.2 Å². The molecule has 42 heavy (non-hydrogen) atoms. The van der Waals surface area contributed by atoms with Crippen molar-refractivity contribution in [2.24, 2.45) is 16.5 Å². The number of amides is 4. The number of carbonyl (C=O) groups excluding carboxylic acids is 4. The first-order valence-corrected chi connectivity index (χ1v) is 13.8. The van der Waals surface area contributed by atoms with E-state index in [0.29, 0.717) is 35.6 Å². The number of nitrogens with two attached hydrogens (primary N) is 2. The number of rotatable bonds is 9. The van der Waals surface area contributed by atoms with Gasteiger partial charge in [0.1, 0.15) is 12.6 Å². The summed E-state index contributed by atoms with van der Waals surface area (Å²) in [6.45, 7) is 0.786. The summed E-state index contributed by atoms with van der Waals surface area (Å²) in [5.41, 5.74) is 12.3. The lowest BCUT2D eigenvalue weighted by molar-refractivity contribution is -0.124. The van der Waals surface area contributed by atoms with E-state index in [1.165, 1.54) is 9.80 Å². The second-order valence-electron chi connectivity index (χ2n) is 10.4. The normalized spacial score (nSPS) is 17.8.